The first kappa shape index (κ1) is 15.8. The second kappa shape index (κ2) is 7.46. The maximum Gasteiger partial charge on any atom is 0.175 e. The number of ether oxygens (including phenoxy) is 2. The van der Waals surface area contributed by atoms with E-state index in [2.05, 4.69) is 33.2 Å². The van der Waals surface area contributed by atoms with Crippen LogP contribution in [0.15, 0.2) is 42.5 Å². The van der Waals surface area contributed by atoms with Crippen molar-refractivity contribution in [2.45, 2.75) is 0 Å². The maximum absolute atomic E-state index is 5.33. The molecule has 0 fully saturated rings. The minimum absolute atomic E-state index is 0.502. The van der Waals surface area contributed by atoms with Crippen LogP contribution < -0.4 is 20.1 Å². The largest absolute Gasteiger partial charge is 0.497 e. The molecule has 0 aliphatic carbocycles. The van der Waals surface area contributed by atoms with Gasteiger partial charge in [0.2, 0.25) is 0 Å². The molecule has 0 atom stereocenters. The fraction of sp³-hybridized carbons (Fsp3) is 0.133. The zero-order chi connectivity index (χ0) is 15.2. The van der Waals surface area contributed by atoms with Gasteiger partial charge in [0.05, 0.1) is 25.6 Å². The zero-order valence-corrected chi connectivity index (χ0v) is 14.6. The second-order valence-corrected chi connectivity index (χ2v) is 5.70. The lowest BCUT2D eigenvalue weighted by molar-refractivity contribution is 0.395. The van der Waals surface area contributed by atoms with E-state index < -0.39 is 0 Å². The monoisotopic (exact) mass is 414 g/mol. The summed E-state index contributed by atoms with van der Waals surface area (Å²) in [5.74, 6) is 1.40. The Morgan fingerprint density at radius 2 is 1.71 bits per heavy atom. The summed E-state index contributed by atoms with van der Waals surface area (Å²) in [5.41, 5.74) is 1.74. The van der Waals surface area contributed by atoms with E-state index in [9.17, 15) is 0 Å². The average Bonchev–Trinajstić information content (AvgIpc) is 2.50. The molecule has 0 aliphatic heterocycles. The minimum Gasteiger partial charge on any atom is -0.497 e. The van der Waals surface area contributed by atoms with Crippen LogP contribution >= 0.6 is 34.8 Å². The van der Waals surface area contributed by atoms with Crippen molar-refractivity contribution in [3.05, 3.63) is 46.0 Å². The van der Waals surface area contributed by atoms with E-state index in [1.807, 2.05) is 36.4 Å². The van der Waals surface area contributed by atoms with Gasteiger partial charge < -0.3 is 20.1 Å². The van der Waals surface area contributed by atoms with E-state index >= 15 is 0 Å². The van der Waals surface area contributed by atoms with Gasteiger partial charge in [-0.1, -0.05) is 12.1 Å². The van der Waals surface area contributed by atoms with Gasteiger partial charge in [0, 0.05) is 9.64 Å². The lowest BCUT2D eigenvalue weighted by atomic mass is 10.2. The lowest BCUT2D eigenvalue weighted by Gasteiger charge is -2.15. The van der Waals surface area contributed by atoms with E-state index in [-0.39, 0.29) is 0 Å². The van der Waals surface area contributed by atoms with Gasteiger partial charge in [-0.3, -0.25) is 0 Å². The molecule has 6 heteroatoms. The summed E-state index contributed by atoms with van der Waals surface area (Å²) in [6, 6.07) is 13.4. The molecule has 0 heterocycles. The van der Waals surface area contributed by atoms with Crippen molar-refractivity contribution in [2.24, 2.45) is 0 Å². The summed E-state index contributed by atoms with van der Waals surface area (Å²) < 4.78 is 11.6. The van der Waals surface area contributed by atoms with E-state index in [4.69, 9.17) is 21.7 Å². The molecule has 110 valence electrons. The Bertz CT molecular complexity index is 649. The number of benzene rings is 2. The smallest absolute Gasteiger partial charge is 0.175 e. The molecule has 2 N–H and O–H groups in total. The standard InChI is InChI=1S/C15H15IN2O2S/c1-19-10-7-8-13(14(9-10)20-2)18-15(21)17-12-6-4-3-5-11(12)16/h3-9H,1-2H3,(H2,17,18,21). The quantitative estimate of drug-likeness (QED) is 0.582. The Hall–Kier alpha value is -1.54. The van der Waals surface area contributed by atoms with Crippen LogP contribution in [0.3, 0.4) is 0 Å². The Balaban J connectivity index is 2.11. The number of para-hydroxylation sites is 1. The highest BCUT2D eigenvalue weighted by molar-refractivity contribution is 14.1. The molecule has 2 aromatic carbocycles. The summed E-state index contributed by atoms with van der Waals surface area (Å²) in [6.45, 7) is 0. The van der Waals surface area contributed by atoms with E-state index in [0.717, 1.165) is 20.7 Å². The first-order valence-corrected chi connectivity index (χ1v) is 7.67. The summed E-state index contributed by atoms with van der Waals surface area (Å²) in [5, 5.41) is 6.79. The van der Waals surface area contributed by atoms with Crippen molar-refractivity contribution in [1.29, 1.82) is 0 Å². The Kier molecular flexibility index (Phi) is 5.63. The lowest BCUT2D eigenvalue weighted by Crippen LogP contribution is -2.20. The second-order valence-electron chi connectivity index (χ2n) is 4.13. The minimum atomic E-state index is 0.502. The molecule has 0 radical (unpaired) electrons. The number of hydrogen-bond acceptors (Lipinski definition) is 3. The van der Waals surface area contributed by atoms with Crippen LogP contribution in [0.4, 0.5) is 11.4 Å². The van der Waals surface area contributed by atoms with Gasteiger partial charge >= 0.3 is 0 Å². The van der Waals surface area contributed by atoms with Crippen LogP contribution in [-0.4, -0.2) is 19.3 Å². The van der Waals surface area contributed by atoms with Crippen molar-refractivity contribution in [2.75, 3.05) is 24.9 Å². The van der Waals surface area contributed by atoms with Crippen molar-refractivity contribution >= 4 is 51.3 Å². The predicted molar refractivity (Wildman–Crippen MR) is 98.5 cm³/mol. The molecule has 21 heavy (non-hydrogen) atoms. The number of hydrogen-bond donors (Lipinski definition) is 2. The Morgan fingerprint density at radius 1 is 1.00 bits per heavy atom. The van der Waals surface area contributed by atoms with Crippen LogP contribution in [0.25, 0.3) is 0 Å². The number of nitrogens with one attached hydrogen (secondary N) is 2. The molecule has 0 unspecified atom stereocenters. The molecular formula is C15H15IN2O2S. The summed E-state index contributed by atoms with van der Waals surface area (Å²) in [7, 11) is 3.22. The van der Waals surface area contributed by atoms with Gasteiger partial charge in [-0.2, -0.15) is 0 Å². The Morgan fingerprint density at radius 3 is 2.38 bits per heavy atom. The molecule has 0 spiro atoms. The van der Waals surface area contributed by atoms with Crippen LogP contribution in [0, 0.1) is 3.57 Å². The third kappa shape index (κ3) is 4.21. The molecule has 0 aromatic heterocycles. The zero-order valence-electron chi connectivity index (χ0n) is 11.6. The van der Waals surface area contributed by atoms with Crippen LogP contribution in [0.2, 0.25) is 0 Å². The van der Waals surface area contributed by atoms with E-state index in [0.29, 0.717) is 10.9 Å². The van der Waals surface area contributed by atoms with Crippen LogP contribution in [-0.2, 0) is 0 Å². The highest BCUT2D eigenvalue weighted by atomic mass is 127. The highest BCUT2D eigenvalue weighted by Gasteiger charge is 2.07. The first-order valence-electron chi connectivity index (χ1n) is 6.18. The predicted octanol–water partition coefficient (Wildman–Crippen LogP) is 4.12. The van der Waals surface area contributed by atoms with Crippen molar-refractivity contribution < 1.29 is 9.47 Å². The van der Waals surface area contributed by atoms with E-state index in [1.165, 1.54) is 0 Å². The van der Waals surface area contributed by atoms with Gasteiger partial charge in [0.15, 0.2) is 5.11 Å². The summed E-state index contributed by atoms with van der Waals surface area (Å²) in [4.78, 5) is 0. The van der Waals surface area contributed by atoms with Crippen LogP contribution in [0.1, 0.15) is 0 Å². The maximum atomic E-state index is 5.33. The normalized spacial score (nSPS) is 9.86. The van der Waals surface area contributed by atoms with Crippen LogP contribution in [0.5, 0.6) is 11.5 Å². The molecule has 4 nitrogen and oxygen atoms in total. The number of anilines is 2. The SMILES string of the molecule is COc1ccc(NC(=S)Nc2ccccc2I)c(OC)c1. The van der Waals surface area contributed by atoms with Crippen molar-refractivity contribution in [1.82, 2.24) is 0 Å². The number of rotatable bonds is 4. The number of methoxy groups -OCH3 is 2. The van der Waals surface area contributed by atoms with Crippen molar-refractivity contribution in [3.8, 4) is 11.5 Å². The molecule has 0 amide bonds. The van der Waals surface area contributed by atoms with Gasteiger partial charge in [-0.15, -0.1) is 0 Å². The summed E-state index contributed by atoms with van der Waals surface area (Å²) >= 11 is 7.59. The fourth-order valence-corrected chi connectivity index (χ4v) is 2.48. The van der Waals surface area contributed by atoms with Crippen molar-refractivity contribution in [3.63, 3.8) is 0 Å². The number of thiocarbonyl (C=S) groups is 1. The number of halogens is 1. The molecule has 0 saturated carbocycles. The fourth-order valence-electron chi connectivity index (χ4n) is 1.74. The van der Waals surface area contributed by atoms with E-state index in [1.54, 1.807) is 20.3 Å². The summed E-state index contributed by atoms with van der Waals surface area (Å²) in [6.07, 6.45) is 0. The third-order valence-electron chi connectivity index (χ3n) is 2.78. The molecular weight excluding hydrogens is 399 g/mol. The Labute approximate surface area is 143 Å². The average molecular weight is 414 g/mol. The topological polar surface area (TPSA) is 42.5 Å². The first-order chi connectivity index (χ1) is 10.1. The van der Waals surface area contributed by atoms with Gasteiger partial charge in [-0.25, -0.2) is 0 Å². The molecule has 2 aromatic rings. The highest BCUT2D eigenvalue weighted by Crippen LogP contribution is 2.29. The van der Waals surface area contributed by atoms with Gasteiger partial charge in [-0.05, 0) is 59.1 Å². The molecule has 2 rings (SSSR count). The van der Waals surface area contributed by atoms with Gasteiger partial charge in [0.1, 0.15) is 11.5 Å². The molecule has 0 bridgehead atoms. The molecule has 0 saturated heterocycles. The molecule has 0 aliphatic rings. The third-order valence-corrected chi connectivity index (χ3v) is 3.92. The van der Waals surface area contributed by atoms with Gasteiger partial charge in [0.25, 0.3) is 0 Å².